The largest absolute Gasteiger partial charge is 0.326 e. The van der Waals surface area contributed by atoms with Crippen LogP contribution in [0.2, 0.25) is 0 Å². The van der Waals surface area contributed by atoms with Gasteiger partial charge in [-0.05, 0) is 36.1 Å². The molecule has 3 nitrogen and oxygen atoms in total. The van der Waals surface area contributed by atoms with E-state index < -0.39 is 0 Å². The number of benzene rings is 1. The van der Waals surface area contributed by atoms with Crippen molar-refractivity contribution >= 4 is 23.2 Å². The highest BCUT2D eigenvalue weighted by Crippen LogP contribution is 2.35. The molecule has 1 aromatic rings. The van der Waals surface area contributed by atoms with Crippen LogP contribution in [0, 0.1) is 0 Å². The summed E-state index contributed by atoms with van der Waals surface area (Å²) in [6.07, 6.45) is 3.05. The van der Waals surface area contributed by atoms with Crippen molar-refractivity contribution in [1.82, 2.24) is 4.90 Å². The van der Waals surface area contributed by atoms with Crippen molar-refractivity contribution in [2.24, 2.45) is 0 Å². The minimum Gasteiger partial charge on any atom is -0.326 e. The highest BCUT2D eigenvalue weighted by molar-refractivity contribution is 6.19. The molecule has 96 valence electrons. The van der Waals surface area contributed by atoms with Gasteiger partial charge >= 0.3 is 0 Å². The summed E-state index contributed by atoms with van der Waals surface area (Å²) < 4.78 is 0. The summed E-state index contributed by atoms with van der Waals surface area (Å²) in [4.78, 5) is 14.0. The molecule has 0 bridgehead atoms. The van der Waals surface area contributed by atoms with Crippen LogP contribution in [0.15, 0.2) is 18.2 Å². The Kier molecular flexibility index (Phi) is 3.27. The van der Waals surface area contributed by atoms with Crippen molar-refractivity contribution in [3.05, 3.63) is 29.3 Å². The van der Waals surface area contributed by atoms with Crippen molar-refractivity contribution in [2.75, 3.05) is 11.2 Å². The highest BCUT2D eigenvalue weighted by Gasteiger charge is 2.32. The Morgan fingerprint density at radius 3 is 2.83 bits per heavy atom. The molecule has 0 saturated heterocycles. The molecule has 1 saturated carbocycles. The number of fused-ring (bicyclic) bond motifs is 1. The lowest BCUT2D eigenvalue weighted by Crippen LogP contribution is -2.18. The smallest absolute Gasteiger partial charge is 0.225 e. The molecule has 4 heteroatoms. The molecule has 1 amide bonds. The van der Waals surface area contributed by atoms with E-state index in [1.807, 2.05) is 6.07 Å². The molecule has 1 aliphatic heterocycles. The lowest BCUT2D eigenvalue weighted by molar-refractivity contribution is -0.115. The number of carbonyl (C=O) groups is 1. The number of alkyl halides is 1. The third kappa shape index (κ3) is 2.52. The maximum Gasteiger partial charge on any atom is 0.225 e. The first-order chi connectivity index (χ1) is 8.76. The lowest BCUT2D eigenvalue weighted by Gasteiger charge is -2.12. The van der Waals surface area contributed by atoms with Crippen LogP contribution in [0.5, 0.6) is 0 Å². The van der Waals surface area contributed by atoms with Crippen molar-refractivity contribution in [1.29, 1.82) is 0 Å². The van der Waals surface area contributed by atoms with E-state index in [2.05, 4.69) is 22.3 Å². The number of hydrogen-bond acceptors (Lipinski definition) is 2. The van der Waals surface area contributed by atoms with E-state index in [0.717, 1.165) is 24.8 Å². The fourth-order valence-electron chi connectivity index (χ4n) is 2.51. The van der Waals surface area contributed by atoms with Gasteiger partial charge in [0.2, 0.25) is 5.91 Å². The first-order valence-corrected chi connectivity index (χ1v) is 7.01. The van der Waals surface area contributed by atoms with Gasteiger partial charge < -0.3 is 5.32 Å². The second-order valence-electron chi connectivity index (χ2n) is 5.11. The van der Waals surface area contributed by atoms with E-state index in [9.17, 15) is 4.79 Å². The fourth-order valence-corrected chi connectivity index (χ4v) is 2.68. The number of amides is 1. The average molecular weight is 265 g/mol. The van der Waals surface area contributed by atoms with Crippen LogP contribution in [0.25, 0.3) is 0 Å². The van der Waals surface area contributed by atoms with Gasteiger partial charge in [-0.25, -0.2) is 0 Å². The Morgan fingerprint density at radius 2 is 2.11 bits per heavy atom. The van der Waals surface area contributed by atoms with Crippen molar-refractivity contribution < 1.29 is 4.79 Å². The summed E-state index contributed by atoms with van der Waals surface area (Å²) in [5.74, 6) is 0.355. The van der Waals surface area contributed by atoms with Crippen LogP contribution in [0.1, 0.15) is 30.4 Å². The summed E-state index contributed by atoms with van der Waals surface area (Å²) in [5, 5.41) is 2.89. The summed E-state index contributed by atoms with van der Waals surface area (Å²) in [5.41, 5.74) is 3.64. The van der Waals surface area contributed by atoms with E-state index >= 15 is 0 Å². The Morgan fingerprint density at radius 1 is 1.33 bits per heavy atom. The number of anilines is 1. The molecule has 1 aliphatic carbocycles. The molecular weight excluding hydrogens is 248 g/mol. The zero-order valence-corrected chi connectivity index (χ0v) is 11.0. The van der Waals surface area contributed by atoms with Crippen molar-refractivity contribution in [2.45, 2.75) is 38.4 Å². The molecule has 1 fully saturated rings. The normalized spacial score (nSPS) is 18.7. The van der Waals surface area contributed by atoms with Gasteiger partial charge in [0.1, 0.15) is 0 Å². The molecule has 0 atom stereocenters. The fraction of sp³-hybridized carbons (Fsp3) is 0.500. The monoisotopic (exact) mass is 264 g/mol. The van der Waals surface area contributed by atoms with Gasteiger partial charge in [-0.15, -0.1) is 11.6 Å². The number of hydrogen-bond donors (Lipinski definition) is 1. The first-order valence-electron chi connectivity index (χ1n) is 6.48. The number of nitrogens with one attached hydrogen (secondary N) is 1. The van der Waals surface area contributed by atoms with E-state index in [0.29, 0.717) is 12.3 Å². The SMILES string of the molecule is O=C(CCCl)Nc1ccc2c(c1)CN(C1CC1)C2. The summed E-state index contributed by atoms with van der Waals surface area (Å²) in [6, 6.07) is 7.02. The second-order valence-corrected chi connectivity index (χ2v) is 5.48. The van der Waals surface area contributed by atoms with E-state index in [1.54, 1.807) is 0 Å². The zero-order valence-electron chi connectivity index (χ0n) is 10.3. The molecule has 1 N–H and O–H groups in total. The van der Waals surface area contributed by atoms with Crippen molar-refractivity contribution in [3.63, 3.8) is 0 Å². The summed E-state index contributed by atoms with van der Waals surface area (Å²) in [6.45, 7) is 2.09. The average Bonchev–Trinajstić information content (AvgIpc) is 3.10. The molecule has 0 unspecified atom stereocenters. The molecular formula is C14H17ClN2O. The van der Waals surface area contributed by atoms with Gasteiger partial charge in [-0.2, -0.15) is 0 Å². The molecule has 0 aromatic heterocycles. The molecule has 3 rings (SSSR count). The van der Waals surface area contributed by atoms with Crippen LogP contribution < -0.4 is 5.32 Å². The van der Waals surface area contributed by atoms with Crippen LogP contribution in [0.4, 0.5) is 5.69 Å². The molecule has 1 aromatic carbocycles. The zero-order chi connectivity index (χ0) is 12.5. The number of nitrogens with zero attached hydrogens (tertiary/aromatic N) is 1. The quantitative estimate of drug-likeness (QED) is 0.848. The lowest BCUT2D eigenvalue weighted by atomic mass is 10.1. The van der Waals surface area contributed by atoms with Gasteiger partial charge in [0.15, 0.2) is 0 Å². The van der Waals surface area contributed by atoms with E-state index in [4.69, 9.17) is 11.6 Å². The van der Waals surface area contributed by atoms with Gasteiger partial charge in [0, 0.05) is 37.1 Å². The predicted octanol–water partition coefficient (Wildman–Crippen LogP) is 2.73. The predicted molar refractivity (Wildman–Crippen MR) is 72.7 cm³/mol. The molecule has 0 radical (unpaired) electrons. The highest BCUT2D eigenvalue weighted by atomic mass is 35.5. The minimum absolute atomic E-state index is 0.0120. The third-order valence-corrected chi connectivity index (χ3v) is 3.81. The van der Waals surface area contributed by atoms with Crippen LogP contribution in [-0.4, -0.2) is 22.7 Å². The van der Waals surface area contributed by atoms with Gasteiger partial charge in [0.25, 0.3) is 0 Å². The standard InChI is InChI=1S/C14H17ClN2O/c15-6-5-14(18)16-12-2-1-10-8-17(13-3-4-13)9-11(10)7-12/h1-2,7,13H,3-6,8-9H2,(H,16,18). The Hall–Kier alpha value is -1.06. The van der Waals surface area contributed by atoms with Gasteiger partial charge in [-0.3, -0.25) is 9.69 Å². The Bertz CT molecular complexity index is 471. The first kappa shape index (κ1) is 12.0. The maximum atomic E-state index is 11.5. The number of halogens is 1. The molecule has 2 aliphatic rings. The van der Waals surface area contributed by atoms with Crippen LogP contribution in [0.3, 0.4) is 0 Å². The van der Waals surface area contributed by atoms with Gasteiger partial charge in [0.05, 0.1) is 0 Å². The summed E-state index contributed by atoms with van der Waals surface area (Å²) in [7, 11) is 0. The van der Waals surface area contributed by atoms with Gasteiger partial charge in [-0.1, -0.05) is 6.07 Å². The number of rotatable bonds is 4. The Balaban J connectivity index is 1.68. The Labute approximate surface area is 112 Å². The third-order valence-electron chi connectivity index (χ3n) is 3.62. The van der Waals surface area contributed by atoms with E-state index in [1.165, 1.54) is 24.0 Å². The topological polar surface area (TPSA) is 32.3 Å². The number of carbonyl (C=O) groups excluding carboxylic acids is 1. The molecule has 18 heavy (non-hydrogen) atoms. The van der Waals surface area contributed by atoms with Crippen molar-refractivity contribution in [3.8, 4) is 0 Å². The van der Waals surface area contributed by atoms with E-state index in [-0.39, 0.29) is 5.91 Å². The molecule has 0 spiro atoms. The maximum absolute atomic E-state index is 11.5. The summed E-state index contributed by atoms with van der Waals surface area (Å²) >= 11 is 5.55. The minimum atomic E-state index is -0.0120. The van der Waals surface area contributed by atoms with Crippen LogP contribution in [-0.2, 0) is 17.9 Å². The molecule has 1 heterocycles. The van der Waals surface area contributed by atoms with Crippen LogP contribution >= 0.6 is 11.6 Å². The second kappa shape index (κ2) is 4.90.